The van der Waals surface area contributed by atoms with Gasteiger partial charge in [-0.2, -0.15) is 4.31 Å². The molecule has 31 heavy (non-hydrogen) atoms. The van der Waals surface area contributed by atoms with Crippen LogP contribution >= 0.6 is 11.6 Å². The lowest BCUT2D eigenvalue weighted by molar-refractivity contribution is 0.0959. The zero-order chi connectivity index (χ0) is 21.8. The molecule has 0 saturated carbocycles. The van der Waals surface area contributed by atoms with Crippen LogP contribution in [0.4, 0.5) is 5.69 Å². The van der Waals surface area contributed by atoms with Crippen molar-refractivity contribution in [3.8, 4) is 0 Å². The Morgan fingerprint density at radius 2 is 1.84 bits per heavy atom. The molecule has 0 unspecified atom stereocenters. The number of amides is 1. The summed E-state index contributed by atoms with van der Waals surface area (Å²) in [6, 6.07) is 10.5. The number of nitrogens with zero attached hydrogens (tertiary/aromatic N) is 2. The summed E-state index contributed by atoms with van der Waals surface area (Å²) in [5, 5.41) is 1.29. The van der Waals surface area contributed by atoms with Crippen molar-refractivity contribution in [1.29, 1.82) is 0 Å². The van der Waals surface area contributed by atoms with Gasteiger partial charge in [-0.25, -0.2) is 8.42 Å². The molecule has 3 heterocycles. The van der Waals surface area contributed by atoms with E-state index in [-0.39, 0.29) is 11.7 Å². The van der Waals surface area contributed by atoms with Crippen molar-refractivity contribution < 1.29 is 17.6 Å². The number of hydrogen-bond acceptors (Lipinski definition) is 4. The molecule has 1 aromatic heterocycles. The van der Waals surface area contributed by atoms with Crippen molar-refractivity contribution in [2.24, 2.45) is 0 Å². The minimum Gasteiger partial charge on any atom is -0.449 e. The van der Waals surface area contributed by atoms with Gasteiger partial charge in [0, 0.05) is 36.3 Å². The predicted molar refractivity (Wildman–Crippen MR) is 120 cm³/mol. The van der Waals surface area contributed by atoms with Crippen molar-refractivity contribution in [2.75, 3.05) is 24.5 Å². The van der Waals surface area contributed by atoms with Crippen molar-refractivity contribution in [3.63, 3.8) is 0 Å². The molecule has 5 rings (SSSR count). The second-order valence-corrected chi connectivity index (χ2v) is 10.5. The molecule has 0 N–H and O–H groups in total. The van der Waals surface area contributed by atoms with Crippen LogP contribution in [0.5, 0.6) is 0 Å². The summed E-state index contributed by atoms with van der Waals surface area (Å²) >= 11 is 6.25. The van der Waals surface area contributed by atoms with Crippen LogP contribution in [-0.4, -0.2) is 38.3 Å². The number of sulfonamides is 1. The van der Waals surface area contributed by atoms with Gasteiger partial charge in [-0.05, 0) is 62.4 Å². The Kier molecular flexibility index (Phi) is 5.07. The molecular formula is C23H23ClN2O4S. The van der Waals surface area contributed by atoms with Crippen molar-refractivity contribution >= 4 is 44.2 Å². The molecule has 2 aromatic carbocycles. The molecular weight excluding hydrogens is 436 g/mol. The lowest BCUT2D eigenvalue weighted by Crippen LogP contribution is -2.36. The summed E-state index contributed by atoms with van der Waals surface area (Å²) in [5.74, 6) is 0.0329. The van der Waals surface area contributed by atoms with E-state index in [9.17, 15) is 13.2 Å². The van der Waals surface area contributed by atoms with Crippen LogP contribution in [0, 0.1) is 6.92 Å². The van der Waals surface area contributed by atoms with Crippen molar-refractivity contribution in [1.82, 2.24) is 4.31 Å². The third-order valence-electron chi connectivity index (χ3n) is 6.23. The second-order valence-electron chi connectivity index (χ2n) is 8.13. The number of fused-ring (bicyclic) bond motifs is 2. The first-order valence-corrected chi connectivity index (χ1v) is 12.3. The Hall–Kier alpha value is -2.35. The number of benzene rings is 2. The largest absolute Gasteiger partial charge is 0.449 e. The molecule has 0 bridgehead atoms. The Balaban J connectivity index is 1.52. The molecule has 0 aliphatic carbocycles. The van der Waals surface area contributed by atoms with Gasteiger partial charge in [-0.3, -0.25) is 4.79 Å². The van der Waals surface area contributed by atoms with Gasteiger partial charge in [-0.15, -0.1) is 0 Å². The molecule has 2 aliphatic heterocycles. The fraction of sp³-hybridized carbons (Fsp3) is 0.348. The van der Waals surface area contributed by atoms with Crippen LogP contribution in [-0.2, 0) is 16.4 Å². The topological polar surface area (TPSA) is 70.8 Å². The molecule has 8 heteroatoms. The molecule has 3 aromatic rings. The van der Waals surface area contributed by atoms with Crippen LogP contribution in [0.3, 0.4) is 0 Å². The standard InChI is InChI=1S/C23H23ClN2O4S/c1-15-18-7-4-8-19(24)22(18)30-21(15)23(27)26-13-5-6-16-14-17(9-10-20(16)26)31(28,29)25-11-2-3-12-25/h4,7-10,14H,2-3,5-6,11-13H2,1H3. The number of anilines is 1. The molecule has 1 amide bonds. The van der Waals surface area contributed by atoms with Crippen molar-refractivity contribution in [2.45, 2.75) is 37.5 Å². The molecule has 0 atom stereocenters. The van der Waals surface area contributed by atoms with Gasteiger partial charge in [0.1, 0.15) is 0 Å². The van der Waals surface area contributed by atoms with Gasteiger partial charge < -0.3 is 9.32 Å². The fourth-order valence-electron chi connectivity index (χ4n) is 4.56. The van der Waals surface area contributed by atoms with Gasteiger partial charge in [0.05, 0.1) is 9.92 Å². The number of rotatable bonds is 3. The first-order valence-electron chi connectivity index (χ1n) is 10.5. The monoisotopic (exact) mass is 458 g/mol. The number of carbonyl (C=O) groups excluding carboxylic acids is 1. The Bertz CT molecular complexity index is 1290. The summed E-state index contributed by atoms with van der Waals surface area (Å²) in [7, 11) is -3.49. The highest BCUT2D eigenvalue weighted by Gasteiger charge is 2.31. The van der Waals surface area contributed by atoms with E-state index in [2.05, 4.69) is 0 Å². The Morgan fingerprint density at radius 1 is 1.06 bits per heavy atom. The average Bonchev–Trinajstić information content (AvgIpc) is 3.42. The van der Waals surface area contributed by atoms with Crippen LogP contribution in [0.2, 0.25) is 5.02 Å². The number of carbonyl (C=O) groups is 1. The summed E-state index contributed by atoms with van der Waals surface area (Å²) < 4.78 is 33.3. The third kappa shape index (κ3) is 3.35. The summed E-state index contributed by atoms with van der Waals surface area (Å²) in [6.45, 7) is 3.54. The van der Waals surface area contributed by atoms with Crippen LogP contribution in [0.15, 0.2) is 45.7 Å². The zero-order valence-electron chi connectivity index (χ0n) is 17.2. The van der Waals surface area contributed by atoms with E-state index in [1.54, 1.807) is 33.5 Å². The van der Waals surface area contributed by atoms with E-state index in [0.717, 1.165) is 47.9 Å². The highest BCUT2D eigenvalue weighted by molar-refractivity contribution is 7.89. The average molecular weight is 459 g/mol. The van der Waals surface area contributed by atoms with Gasteiger partial charge >= 0.3 is 0 Å². The van der Waals surface area contributed by atoms with Crippen LogP contribution in [0.25, 0.3) is 11.0 Å². The predicted octanol–water partition coefficient (Wildman–Crippen LogP) is 4.77. The minimum atomic E-state index is -3.49. The quantitative estimate of drug-likeness (QED) is 0.566. The normalized spacial score (nSPS) is 17.3. The van der Waals surface area contributed by atoms with E-state index in [1.165, 1.54) is 0 Å². The molecule has 2 aliphatic rings. The summed E-state index contributed by atoms with van der Waals surface area (Å²) in [4.78, 5) is 15.4. The maximum atomic E-state index is 13.4. The minimum absolute atomic E-state index is 0.235. The highest BCUT2D eigenvalue weighted by Crippen LogP contribution is 2.35. The molecule has 162 valence electrons. The number of para-hydroxylation sites is 1. The summed E-state index contributed by atoms with van der Waals surface area (Å²) in [6.07, 6.45) is 3.28. The Morgan fingerprint density at radius 3 is 2.58 bits per heavy atom. The van der Waals surface area contributed by atoms with Gasteiger partial charge in [0.2, 0.25) is 10.0 Å². The number of furan rings is 1. The van der Waals surface area contributed by atoms with Gasteiger partial charge in [-0.1, -0.05) is 23.7 Å². The number of halogens is 1. The van der Waals surface area contributed by atoms with Gasteiger partial charge in [0.15, 0.2) is 11.3 Å². The lowest BCUT2D eigenvalue weighted by Gasteiger charge is -2.29. The van der Waals surface area contributed by atoms with E-state index in [4.69, 9.17) is 16.0 Å². The molecule has 1 saturated heterocycles. The van der Waals surface area contributed by atoms with E-state index in [0.29, 0.717) is 35.1 Å². The first-order chi connectivity index (χ1) is 14.9. The maximum absolute atomic E-state index is 13.4. The summed E-state index contributed by atoms with van der Waals surface area (Å²) in [5.41, 5.74) is 2.87. The maximum Gasteiger partial charge on any atom is 0.294 e. The van der Waals surface area contributed by atoms with E-state index in [1.807, 2.05) is 19.1 Å². The number of aryl methyl sites for hydroxylation is 2. The van der Waals surface area contributed by atoms with Crippen LogP contribution in [0.1, 0.15) is 40.9 Å². The highest BCUT2D eigenvalue weighted by atomic mass is 35.5. The zero-order valence-corrected chi connectivity index (χ0v) is 18.8. The van der Waals surface area contributed by atoms with Crippen molar-refractivity contribution in [3.05, 3.63) is 58.3 Å². The molecule has 0 radical (unpaired) electrons. The fourth-order valence-corrected chi connectivity index (χ4v) is 6.34. The molecule has 1 fully saturated rings. The van der Waals surface area contributed by atoms with Crippen LogP contribution < -0.4 is 4.90 Å². The smallest absolute Gasteiger partial charge is 0.294 e. The SMILES string of the molecule is Cc1c(C(=O)N2CCCc3cc(S(=O)(=O)N4CCCC4)ccc32)oc2c(Cl)cccc12. The third-order valence-corrected chi connectivity index (χ3v) is 8.42. The molecule has 6 nitrogen and oxygen atoms in total. The number of hydrogen-bond donors (Lipinski definition) is 0. The van der Waals surface area contributed by atoms with E-state index >= 15 is 0 Å². The van der Waals surface area contributed by atoms with E-state index < -0.39 is 10.0 Å². The molecule has 0 spiro atoms. The second kappa shape index (κ2) is 7.65. The Labute approximate surface area is 186 Å². The van der Waals surface area contributed by atoms with Gasteiger partial charge in [0.25, 0.3) is 5.91 Å². The first kappa shape index (κ1) is 20.5. The lowest BCUT2D eigenvalue weighted by atomic mass is 10.0.